The van der Waals surface area contributed by atoms with E-state index < -0.39 is 7.12 Å². The summed E-state index contributed by atoms with van der Waals surface area (Å²) < 4.78 is 0. The van der Waals surface area contributed by atoms with Gasteiger partial charge in [-0.1, -0.05) is 24.3 Å². The first-order valence-corrected chi connectivity index (χ1v) is 3.58. The maximum atomic E-state index is 8.90. The first kappa shape index (κ1) is 9.56. The molecule has 66 valence electrons. The maximum Gasteiger partial charge on any atom is 0.489 e. The number of rotatable bonds is 2. The van der Waals surface area contributed by atoms with Gasteiger partial charge in [-0.15, -0.1) is 5.11 Å². The fourth-order valence-corrected chi connectivity index (χ4v) is 0.998. The van der Waals surface area contributed by atoms with Crippen LogP contribution in [0.15, 0.2) is 29.4 Å². The second-order valence-corrected chi connectivity index (χ2v) is 2.42. The van der Waals surface area contributed by atoms with E-state index in [1.54, 1.807) is 12.1 Å². The van der Waals surface area contributed by atoms with Crippen LogP contribution < -0.4 is 5.46 Å². The van der Waals surface area contributed by atoms with Crippen molar-refractivity contribution in [2.75, 3.05) is 0 Å². The van der Waals surface area contributed by atoms with Crippen molar-refractivity contribution in [3.63, 3.8) is 0 Å². The summed E-state index contributed by atoms with van der Waals surface area (Å²) in [6.07, 6.45) is 0. The molecule has 0 aromatic heterocycles. The summed E-state index contributed by atoms with van der Waals surface area (Å²) in [6, 6.07) is 6.24. The standard InChI is InChI=1S/C7H8BN3O2/c9-7(11-10)5-3-1-2-4-6(5)8(12)13/h1-4,9-10,12-13H. The highest BCUT2D eigenvalue weighted by Gasteiger charge is 2.17. The van der Waals surface area contributed by atoms with Gasteiger partial charge in [-0.3, -0.25) is 5.41 Å². The normalized spacial score (nSPS) is 9.38. The van der Waals surface area contributed by atoms with E-state index in [4.69, 9.17) is 21.0 Å². The Balaban J connectivity index is 3.19. The van der Waals surface area contributed by atoms with Crippen LogP contribution in [0.1, 0.15) is 5.56 Å². The van der Waals surface area contributed by atoms with Crippen molar-refractivity contribution in [1.29, 1.82) is 10.9 Å². The summed E-state index contributed by atoms with van der Waals surface area (Å²) in [5.74, 6) is -0.288. The molecule has 0 atom stereocenters. The molecule has 0 aliphatic rings. The van der Waals surface area contributed by atoms with Crippen LogP contribution in [0, 0.1) is 10.9 Å². The Morgan fingerprint density at radius 1 is 1.31 bits per heavy atom. The third-order valence-electron chi connectivity index (χ3n) is 1.61. The SMILES string of the molecule is N=NC(=N)c1ccccc1B(O)O. The van der Waals surface area contributed by atoms with Crippen molar-refractivity contribution in [2.24, 2.45) is 5.11 Å². The molecule has 1 rings (SSSR count). The van der Waals surface area contributed by atoms with Gasteiger partial charge < -0.3 is 10.0 Å². The molecule has 0 heterocycles. The molecule has 1 aromatic carbocycles. The average molecular weight is 177 g/mol. The molecule has 4 N–H and O–H groups in total. The van der Waals surface area contributed by atoms with E-state index in [-0.39, 0.29) is 16.9 Å². The molecule has 0 bridgehead atoms. The van der Waals surface area contributed by atoms with Gasteiger partial charge in [-0.25, -0.2) is 5.53 Å². The van der Waals surface area contributed by atoms with Crippen molar-refractivity contribution in [1.82, 2.24) is 0 Å². The van der Waals surface area contributed by atoms with Crippen LogP contribution in [-0.2, 0) is 0 Å². The van der Waals surface area contributed by atoms with Crippen LogP contribution in [0.5, 0.6) is 0 Å². The third kappa shape index (κ3) is 1.98. The summed E-state index contributed by atoms with van der Waals surface area (Å²) in [6.45, 7) is 0. The highest BCUT2D eigenvalue weighted by molar-refractivity contribution is 6.60. The summed E-state index contributed by atoms with van der Waals surface area (Å²) in [5, 5.41) is 28.0. The maximum absolute atomic E-state index is 8.90. The second kappa shape index (κ2) is 3.93. The Kier molecular flexibility index (Phi) is 2.89. The fourth-order valence-electron chi connectivity index (χ4n) is 0.998. The summed E-state index contributed by atoms with van der Waals surface area (Å²) in [5.41, 5.74) is 7.06. The largest absolute Gasteiger partial charge is 0.489 e. The second-order valence-electron chi connectivity index (χ2n) is 2.42. The van der Waals surface area contributed by atoms with Crippen molar-refractivity contribution in [3.05, 3.63) is 29.8 Å². The van der Waals surface area contributed by atoms with Crippen LogP contribution in [-0.4, -0.2) is 23.0 Å². The van der Waals surface area contributed by atoms with Crippen LogP contribution in [0.2, 0.25) is 0 Å². The van der Waals surface area contributed by atoms with E-state index >= 15 is 0 Å². The van der Waals surface area contributed by atoms with Gasteiger partial charge in [0.1, 0.15) is 0 Å². The Bertz CT molecular complexity index is 340. The van der Waals surface area contributed by atoms with Gasteiger partial charge in [-0.2, -0.15) is 0 Å². The monoisotopic (exact) mass is 177 g/mol. The third-order valence-corrected chi connectivity index (χ3v) is 1.61. The minimum atomic E-state index is -1.64. The van der Waals surface area contributed by atoms with Gasteiger partial charge in [0, 0.05) is 5.56 Å². The first-order valence-electron chi connectivity index (χ1n) is 3.58. The van der Waals surface area contributed by atoms with Gasteiger partial charge in [0.05, 0.1) is 0 Å². The molecule has 13 heavy (non-hydrogen) atoms. The lowest BCUT2D eigenvalue weighted by molar-refractivity contribution is 0.425. The van der Waals surface area contributed by atoms with Crippen LogP contribution in [0.4, 0.5) is 0 Å². The van der Waals surface area contributed by atoms with Crippen molar-refractivity contribution < 1.29 is 10.0 Å². The lowest BCUT2D eigenvalue weighted by Gasteiger charge is -2.04. The zero-order valence-corrected chi connectivity index (χ0v) is 6.73. The lowest BCUT2D eigenvalue weighted by Crippen LogP contribution is -2.34. The molecule has 6 heteroatoms. The number of benzene rings is 1. The molecular weight excluding hydrogens is 169 g/mol. The molecule has 5 nitrogen and oxygen atoms in total. The number of amidine groups is 1. The molecule has 0 spiro atoms. The van der Waals surface area contributed by atoms with Crippen molar-refractivity contribution >= 4 is 18.4 Å². The zero-order chi connectivity index (χ0) is 9.84. The molecule has 0 amide bonds. The fraction of sp³-hybridized carbons (Fsp3) is 0. The molecule has 0 saturated carbocycles. The van der Waals surface area contributed by atoms with Gasteiger partial charge in [0.25, 0.3) is 0 Å². The highest BCUT2D eigenvalue weighted by Crippen LogP contribution is 1.98. The van der Waals surface area contributed by atoms with Gasteiger partial charge >= 0.3 is 7.12 Å². The number of nitrogens with one attached hydrogen (secondary N) is 2. The lowest BCUT2D eigenvalue weighted by atomic mass is 9.77. The molecule has 0 fully saturated rings. The quantitative estimate of drug-likeness (QED) is 0.216. The Hall–Kier alpha value is -1.53. The van der Waals surface area contributed by atoms with Gasteiger partial charge in [0.15, 0.2) is 5.84 Å². The number of hydrogen-bond acceptors (Lipinski definition) is 4. The summed E-state index contributed by atoms with van der Waals surface area (Å²) >= 11 is 0. The smallest absolute Gasteiger partial charge is 0.423 e. The minimum Gasteiger partial charge on any atom is -0.423 e. The van der Waals surface area contributed by atoms with E-state index in [2.05, 4.69) is 5.11 Å². The topological polar surface area (TPSA) is 101 Å². The predicted molar refractivity (Wildman–Crippen MR) is 48.2 cm³/mol. The number of nitrogens with zero attached hydrogens (tertiary/aromatic N) is 1. The Morgan fingerprint density at radius 3 is 2.46 bits per heavy atom. The van der Waals surface area contributed by atoms with Crippen LogP contribution in [0.25, 0.3) is 0 Å². The summed E-state index contributed by atoms with van der Waals surface area (Å²) in [4.78, 5) is 0. The van der Waals surface area contributed by atoms with Crippen molar-refractivity contribution in [2.45, 2.75) is 0 Å². The van der Waals surface area contributed by atoms with Gasteiger partial charge in [0.2, 0.25) is 0 Å². The molecule has 0 aliphatic carbocycles. The highest BCUT2D eigenvalue weighted by atomic mass is 16.4. The molecular formula is C7H8BN3O2. The van der Waals surface area contributed by atoms with Crippen LogP contribution in [0.3, 0.4) is 0 Å². The first-order chi connectivity index (χ1) is 6.16. The van der Waals surface area contributed by atoms with Crippen molar-refractivity contribution in [3.8, 4) is 0 Å². The molecule has 1 aromatic rings. The molecule has 0 aliphatic heterocycles. The molecule has 0 unspecified atom stereocenters. The van der Waals surface area contributed by atoms with E-state index in [9.17, 15) is 0 Å². The van der Waals surface area contributed by atoms with E-state index in [1.807, 2.05) is 0 Å². The van der Waals surface area contributed by atoms with Crippen LogP contribution >= 0.6 is 0 Å². The minimum absolute atomic E-state index is 0.184. The average Bonchev–Trinajstić information content (AvgIpc) is 2.16. The number of hydrogen-bond donors (Lipinski definition) is 4. The van der Waals surface area contributed by atoms with E-state index in [0.717, 1.165) is 0 Å². The summed E-state index contributed by atoms with van der Waals surface area (Å²) in [7, 11) is -1.64. The van der Waals surface area contributed by atoms with E-state index in [1.165, 1.54) is 12.1 Å². The Labute approximate surface area is 75.2 Å². The van der Waals surface area contributed by atoms with E-state index in [0.29, 0.717) is 0 Å². The molecule has 0 radical (unpaired) electrons. The Morgan fingerprint density at radius 2 is 1.92 bits per heavy atom. The molecule has 0 saturated heterocycles. The van der Waals surface area contributed by atoms with Gasteiger partial charge in [-0.05, 0) is 5.46 Å². The predicted octanol–water partition coefficient (Wildman–Crippen LogP) is -0.277. The zero-order valence-electron chi connectivity index (χ0n) is 6.73.